The molecule has 0 radical (unpaired) electrons. The van der Waals surface area contributed by atoms with Crippen molar-refractivity contribution < 1.29 is 13.9 Å². The number of carbonyl (C=O) groups is 1. The van der Waals surface area contributed by atoms with Crippen molar-refractivity contribution >= 4 is 16.9 Å². The van der Waals surface area contributed by atoms with E-state index >= 15 is 0 Å². The van der Waals surface area contributed by atoms with E-state index in [2.05, 4.69) is 48.9 Å². The molecule has 0 bridgehead atoms. The van der Waals surface area contributed by atoms with Crippen LogP contribution in [0.5, 0.6) is 5.75 Å². The summed E-state index contributed by atoms with van der Waals surface area (Å²) < 4.78 is 21.3. The van der Waals surface area contributed by atoms with E-state index in [1.165, 1.54) is 29.8 Å². The summed E-state index contributed by atoms with van der Waals surface area (Å²) in [6.45, 7) is 8.56. The minimum atomic E-state index is -0.353. The van der Waals surface area contributed by atoms with Gasteiger partial charge in [-0.3, -0.25) is 4.79 Å². The zero-order valence-corrected chi connectivity index (χ0v) is 21.3. The van der Waals surface area contributed by atoms with Crippen LogP contribution in [-0.2, 0) is 18.4 Å². The van der Waals surface area contributed by atoms with Gasteiger partial charge in [0.2, 0.25) is 0 Å². The summed E-state index contributed by atoms with van der Waals surface area (Å²) in [5.41, 5.74) is 3.95. The summed E-state index contributed by atoms with van der Waals surface area (Å²) in [4.78, 5) is 17.1. The summed E-state index contributed by atoms with van der Waals surface area (Å²) in [5.74, 6) is 1.34. The number of fused-ring (bicyclic) bond motifs is 1. The summed E-state index contributed by atoms with van der Waals surface area (Å²) >= 11 is 0. The fraction of sp³-hybridized carbons (Fsp3) is 0.333. The maximum atomic E-state index is 13.1. The Kier molecular flexibility index (Phi) is 8.04. The Bertz CT molecular complexity index is 1290. The molecule has 0 saturated carbocycles. The van der Waals surface area contributed by atoms with Gasteiger partial charge in [0, 0.05) is 25.1 Å². The summed E-state index contributed by atoms with van der Waals surface area (Å²) in [7, 11) is 0. The van der Waals surface area contributed by atoms with Gasteiger partial charge in [0.1, 0.15) is 17.4 Å². The Hall–Kier alpha value is -3.67. The second kappa shape index (κ2) is 11.4. The van der Waals surface area contributed by atoms with Gasteiger partial charge in [-0.2, -0.15) is 0 Å². The van der Waals surface area contributed by atoms with Crippen LogP contribution in [0.15, 0.2) is 72.8 Å². The lowest BCUT2D eigenvalue weighted by atomic mass is 9.87. The molecule has 1 aromatic heterocycles. The Morgan fingerprint density at radius 3 is 2.42 bits per heavy atom. The van der Waals surface area contributed by atoms with Gasteiger partial charge in [-0.15, -0.1) is 0 Å². The number of imidazole rings is 1. The standard InChI is InChI=1S/C30H34FN3O2/c1-30(2,3)23-13-17-25(18-14-23)36-21-7-20-34-27-9-5-4-8-26(27)33-28(34)10-6-19-32-29(35)22-11-15-24(31)16-12-22/h4-5,8-9,11-18H,6-7,10,19-21H2,1-3H3,(H,32,35). The van der Waals surface area contributed by atoms with Crippen LogP contribution in [0.3, 0.4) is 0 Å². The van der Waals surface area contributed by atoms with Gasteiger partial charge in [-0.25, -0.2) is 9.37 Å². The highest BCUT2D eigenvalue weighted by Crippen LogP contribution is 2.24. The van der Waals surface area contributed by atoms with Crippen LogP contribution < -0.4 is 10.1 Å². The minimum Gasteiger partial charge on any atom is -0.494 e. The summed E-state index contributed by atoms with van der Waals surface area (Å²) in [6.07, 6.45) is 2.36. The summed E-state index contributed by atoms with van der Waals surface area (Å²) in [5, 5.41) is 2.91. The number of hydrogen-bond acceptors (Lipinski definition) is 3. The molecular formula is C30H34FN3O2. The lowest BCUT2D eigenvalue weighted by Gasteiger charge is -2.19. The van der Waals surface area contributed by atoms with E-state index in [1.807, 2.05) is 30.3 Å². The van der Waals surface area contributed by atoms with E-state index in [4.69, 9.17) is 9.72 Å². The quantitative estimate of drug-likeness (QED) is 0.267. The third-order valence-electron chi connectivity index (χ3n) is 6.22. The molecule has 0 saturated heterocycles. The average Bonchev–Trinajstić information content (AvgIpc) is 3.22. The predicted octanol–water partition coefficient (Wildman–Crippen LogP) is 6.30. The van der Waals surface area contributed by atoms with Gasteiger partial charge in [0.25, 0.3) is 5.91 Å². The van der Waals surface area contributed by atoms with Crippen molar-refractivity contribution in [3.8, 4) is 5.75 Å². The Morgan fingerprint density at radius 2 is 1.69 bits per heavy atom. The highest BCUT2D eigenvalue weighted by atomic mass is 19.1. The van der Waals surface area contributed by atoms with E-state index in [-0.39, 0.29) is 17.1 Å². The number of nitrogens with one attached hydrogen (secondary N) is 1. The van der Waals surface area contributed by atoms with E-state index in [0.717, 1.165) is 48.4 Å². The lowest BCUT2D eigenvalue weighted by Crippen LogP contribution is -2.25. The fourth-order valence-electron chi connectivity index (χ4n) is 4.18. The van der Waals surface area contributed by atoms with Gasteiger partial charge in [0.05, 0.1) is 17.6 Å². The van der Waals surface area contributed by atoms with Crippen LogP contribution >= 0.6 is 0 Å². The molecule has 0 fully saturated rings. The topological polar surface area (TPSA) is 56.1 Å². The smallest absolute Gasteiger partial charge is 0.251 e. The van der Waals surface area contributed by atoms with Crippen molar-refractivity contribution in [3.05, 3.63) is 95.6 Å². The molecule has 36 heavy (non-hydrogen) atoms. The molecule has 4 rings (SSSR count). The van der Waals surface area contributed by atoms with Crippen LogP contribution in [0.2, 0.25) is 0 Å². The molecule has 1 amide bonds. The van der Waals surface area contributed by atoms with Crippen molar-refractivity contribution in [2.45, 2.75) is 52.0 Å². The zero-order chi connectivity index (χ0) is 25.5. The molecule has 3 aromatic carbocycles. The average molecular weight is 488 g/mol. The van der Waals surface area contributed by atoms with E-state index in [1.54, 1.807) is 0 Å². The fourth-order valence-corrected chi connectivity index (χ4v) is 4.18. The van der Waals surface area contributed by atoms with Crippen LogP contribution in [0, 0.1) is 5.82 Å². The number of nitrogens with zero attached hydrogens (tertiary/aromatic N) is 2. The zero-order valence-electron chi connectivity index (χ0n) is 21.3. The van der Waals surface area contributed by atoms with Crippen molar-refractivity contribution in [3.63, 3.8) is 0 Å². The number of carbonyl (C=O) groups excluding carboxylic acids is 1. The molecule has 188 valence electrons. The van der Waals surface area contributed by atoms with Crippen LogP contribution in [0.1, 0.15) is 55.4 Å². The number of aromatic nitrogens is 2. The van der Waals surface area contributed by atoms with Gasteiger partial charge in [-0.05, 0) is 72.4 Å². The number of benzene rings is 3. The molecule has 1 heterocycles. The second-order valence-corrected chi connectivity index (χ2v) is 10.0. The number of rotatable bonds is 10. The first kappa shape index (κ1) is 25.4. The van der Waals surface area contributed by atoms with Crippen molar-refractivity contribution in [2.24, 2.45) is 0 Å². The SMILES string of the molecule is CC(C)(C)c1ccc(OCCCn2c(CCCNC(=O)c3ccc(F)cc3)nc3ccccc32)cc1. The number of aryl methyl sites for hydroxylation is 2. The maximum absolute atomic E-state index is 13.1. The van der Waals surface area contributed by atoms with Crippen molar-refractivity contribution in [1.82, 2.24) is 14.9 Å². The number of halogens is 1. The molecule has 0 aliphatic rings. The molecular weight excluding hydrogens is 453 g/mol. The number of hydrogen-bond donors (Lipinski definition) is 1. The van der Waals surface area contributed by atoms with Gasteiger partial charge in [0.15, 0.2) is 0 Å². The van der Waals surface area contributed by atoms with Gasteiger partial charge in [-0.1, -0.05) is 45.0 Å². The third kappa shape index (κ3) is 6.51. The van der Waals surface area contributed by atoms with E-state index in [9.17, 15) is 9.18 Å². The number of ether oxygens (including phenoxy) is 1. The van der Waals surface area contributed by atoms with Crippen molar-refractivity contribution in [2.75, 3.05) is 13.2 Å². The maximum Gasteiger partial charge on any atom is 0.251 e. The number of para-hydroxylation sites is 2. The van der Waals surface area contributed by atoms with Gasteiger partial charge >= 0.3 is 0 Å². The van der Waals surface area contributed by atoms with Crippen LogP contribution in [0.25, 0.3) is 11.0 Å². The largest absolute Gasteiger partial charge is 0.494 e. The second-order valence-electron chi connectivity index (χ2n) is 10.0. The molecule has 4 aromatic rings. The monoisotopic (exact) mass is 487 g/mol. The first-order valence-electron chi connectivity index (χ1n) is 12.5. The molecule has 6 heteroatoms. The summed E-state index contributed by atoms with van der Waals surface area (Å²) in [6, 6.07) is 22.1. The molecule has 5 nitrogen and oxygen atoms in total. The van der Waals surface area contributed by atoms with Crippen LogP contribution in [-0.4, -0.2) is 28.6 Å². The Labute approximate surface area is 212 Å². The van der Waals surface area contributed by atoms with E-state index in [0.29, 0.717) is 18.7 Å². The highest BCUT2D eigenvalue weighted by molar-refractivity contribution is 5.94. The third-order valence-corrected chi connectivity index (χ3v) is 6.22. The molecule has 0 spiro atoms. The first-order valence-corrected chi connectivity index (χ1v) is 12.5. The molecule has 0 aliphatic heterocycles. The van der Waals surface area contributed by atoms with Gasteiger partial charge < -0.3 is 14.6 Å². The number of amides is 1. The van der Waals surface area contributed by atoms with Crippen LogP contribution in [0.4, 0.5) is 4.39 Å². The highest BCUT2D eigenvalue weighted by Gasteiger charge is 2.13. The molecule has 0 atom stereocenters. The van der Waals surface area contributed by atoms with Crippen molar-refractivity contribution in [1.29, 1.82) is 0 Å². The minimum absolute atomic E-state index is 0.126. The normalized spacial score (nSPS) is 11.6. The lowest BCUT2D eigenvalue weighted by molar-refractivity contribution is 0.0953. The molecule has 0 aliphatic carbocycles. The Balaban J connectivity index is 1.31. The Morgan fingerprint density at radius 1 is 0.972 bits per heavy atom. The molecule has 1 N–H and O–H groups in total. The molecule has 0 unspecified atom stereocenters. The predicted molar refractivity (Wildman–Crippen MR) is 142 cm³/mol. The first-order chi connectivity index (χ1) is 17.3. The van der Waals surface area contributed by atoms with E-state index < -0.39 is 0 Å².